The summed E-state index contributed by atoms with van der Waals surface area (Å²) in [5, 5.41) is 0. The van der Waals surface area contributed by atoms with Gasteiger partial charge in [-0.2, -0.15) is 0 Å². The SMILES string of the molecule is C1CC[C](C2C3CC4CC(C3)CC2C4)C1. The van der Waals surface area contributed by atoms with Gasteiger partial charge in [0.2, 0.25) is 0 Å². The molecule has 5 aliphatic carbocycles. The average molecular weight is 203 g/mol. The van der Waals surface area contributed by atoms with Crippen molar-refractivity contribution in [3.8, 4) is 0 Å². The van der Waals surface area contributed by atoms with Crippen molar-refractivity contribution in [1.82, 2.24) is 0 Å². The third-order valence-corrected chi connectivity index (χ3v) is 5.94. The van der Waals surface area contributed by atoms with Gasteiger partial charge >= 0.3 is 0 Å². The lowest BCUT2D eigenvalue weighted by Crippen LogP contribution is -2.46. The lowest BCUT2D eigenvalue weighted by molar-refractivity contribution is -0.0313. The van der Waals surface area contributed by atoms with Gasteiger partial charge in [0.25, 0.3) is 0 Å². The molecule has 4 bridgehead atoms. The maximum absolute atomic E-state index is 2.02. The molecule has 0 N–H and O–H groups in total. The van der Waals surface area contributed by atoms with Crippen LogP contribution in [0.25, 0.3) is 0 Å². The molecule has 83 valence electrons. The van der Waals surface area contributed by atoms with E-state index < -0.39 is 0 Å². The molecule has 0 aliphatic heterocycles. The zero-order valence-electron chi connectivity index (χ0n) is 9.75. The number of rotatable bonds is 1. The highest BCUT2D eigenvalue weighted by Gasteiger charge is 2.50. The normalized spacial score (nSPS) is 54.0. The van der Waals surface area contributed by atoms with Crippen LogP contribution in [0, 0.1) is 35.5 Å². The lowest BCUT2D eigenvalue weighted by Gasteiger charge is -2.56. The first-order chi connectivity index (χ1) is 7.40. The fourth-order valence-electron chi connectivity index (χ4n) is 5.75. The summed E-state index contributed by atoms with van der Waals surface area (Å²) in [6, 6.07) is 0. The summed E-state index contributed by atoms with van der Waals surface area (Å²) in [7, 11) is 0. The molecule has 0 heterocycles. The predicted molar refractivity (Wildman–Crippen MR) is 62.2 cm³/mol. The van der Waals surface area contributed by atoms with Crippen molar-refractivity contribution in [3.05, 3.63) is 5.92 Å². The van der Waals surface area contributed by atoms with Crippen LogP contribution in [0.15, 0.2) is 0 Å². The van der Waals surface area contributed by atoms with E-state index in [0.29, 0.717) is 0 Å². The summed E-state index contributed by atoms with van der Waals surface area (Å²) in [6.07, 6.45) is 14.1. The molecule has 0 spiro atoms. The molecule has 0 nitrogen and oxygen atoms in total. The van der Waals surface area contributed by atoms with Crippen LogP contribution in [0.4, 0.5) is 0 Å². The van der Waals surface area contributed by atoms with Crippen LogP contribution in [-0.2, 0) is 0 Å². The van der Waals surface area contributed by atoms with Crippen LogP contribution >= 0.6 is 0 Å². The van der Waals surface area contributed by atoms with Gasteiger partial charge in [-0.15, -0.1) is 0 Å². The maximum Gasteiger partial charge on any atom is -0.0205 e. The zero-order chi connectivity index (χ0) is 9.83. The quantitative estimate of drug-likeness (QED) is 0.599. The molecular weight excluding hydrogens is 180 g/mol. The van der Waals surface area contributed by atoms with Gasteiger partial charge in [-0.05, 0) is 80.5 Å². The molecule has 0 amide bonds. The van der Waals surface area contributed by atoms with Gasteiger partial charge in [0, 0.05) is 0 Å². The van der Waals surface area contributed by atoms with Crippen molar-refractivity contribution < 1.29 is 0 Å². The Hall–Kier alpha value is 0. The van der Waals surface area contributed by atoms with Crippen LogP contribution in [0.3, 0.4) is 0 Å². The van der Waals surface area contributed by atoms with Crippen LogP contribution in [-0.4, -0.2) is 0 Å². The molecule has 0 unspecified atom stereocenters. The Balaban J connectivity index is 1.59. The van der Waals surface area contributed by atoms with Gasteiger partial charge in [-0.1, -0.05) is 12.8 Å². The second kappa shape index (κ2) is 3.25. The molecule has 0 saturated heterocycles. The van der Waals surface area contributed by atoms with Crippen LogP contribution < -0.4 is 0 Å². The monoisotopic (exact) mass is 203 g/mol. The van der Waals surface area contributed by atoms with Crippen molar-refractivity contribution in [2.45, 2.75) is 57.8 Å². The Morgan fingerprint density at radius 3 is 1.73 bits per heavy atom. The molecule has 5 rings (SSSR count). The van der Waals surface area contributed by atoms with Crippen LogP contribution in [0.1, 0.15) is 57.8 Å². The predicted octanol–water partition coefficient (Wildman–Crippen LogP) is 4.21. The maximum atomic E-state index is 2.02. The topological polar surface area (TPSA) is 0 Å². The third kappa shape index (κ3) is 1.33. The zero-order valence-corrected chi connectivity index (χ0v) is 9.75. The minimum absolute atomic E-state index is 1.11. The van der Waals surface area contributed by atoms with Crippen molar-refractivity contribution in [2.24, 2.45) is 29.6 Å². The summed E-state index contributed by atoms with van der Waals surface area (Å²) in [5.74, 6) is 7.74. The summed E-state index contributed by atoms with van der Waals surface area (Å²) in [4.78, 5) is 0. The third-order valence-electron chi connectivity index (χ3n) is 5.94. The molecule has 0 heteroatoms. The Kier molecular flexibility index (Phi) is 1.96. The first-order valence-electron chi connectivity index (χ1n) is 7.24. The van der Waals surface area contributed by atoms with Crippen LogP contribution in [0.2, 0.25) is 0 Å². The standard InChI is InChI=1S/C15H23/c1-2-4-12(3-1)15-13-6-10-5-11(8-13)9-14(15)7-10/h10-11,13-15H,1-9H2. The van der Waals surface area contributed by atoms with E-state index in [1.165, 1.54) is 25.7 Å². The van der Waals surface area contributed by atoms with E-state index >= 15 is 0 Å². The summed E-state index contributed by atoms with van der Waals surface area (Å²) < 4.78 is 0. The molecule has 0 aromatic carbocycles. The first kappa shape index (κ1) is 9.07. The molecular formula is C15H23. The van der Waals surface area contributed by atoms with Crippen molar-refractivity contribution in [1.29, 1.82) is 0 Å². The summed E-state index contributed by atoms with van der Waals surface area (Å²) in [6.45, 7) is 0. The molecule has 5 fully saturated rings. The van der Waals surface area contributed by atoms with E-state index in [2.05, 4.69) is 0 Å². The fourth-order valence-corrected chi connectivity index (χ4v) is 5.75. The Bertz CT molecular complexity index is 221. The van der Waals surface area contributed by atoms with E-state index in [-0.39, 0.29) is 0 Å². The van der Waals surface area contributed by atoms with Gasteiger partial charge in [-0.25, -0.2) is 0 Å². The molecule has 15 heavy (non-hydrogen) atoms. The lowest BCUT2D eigenvalue weighted by atomic mass is 9.49. The summed E-state index contributed by atoms with van der Waals surface area (Å²) >= 11 is 0. The number of hydrogen-bond donors (Lipinski definition) is 0. The second-order valence-electron chi connectivity index (χ2n) is 6.82. The largest absolute Gasteiger partial charge is 0.0527 e. The smallest absolute Gasteiger partial charge is 0.0205 e. The van der Waals surface area contributed by atoms with Crippen LogP contribution in [0.5, 0.6) is 0 Å². The van der Waals surface area contributed by atoms with E-state index in [9.17, 15) is 0 Å². The van der Waals surface area contributed by atoms with E-state index in [0.717, 1.165) is 29.6 Å². The Labute approximate surface area is 93.8 Å². The highest BCUT2D eigenvalue weighted by Crippen LogP contribution is 2.60. The van der Waals surface area contributed by atoms with E-state index in [1.54, 1.807) is 32.1 Å². The second-order valence-corrected chi connectivity index (χ2v) is 6.82. The van der Waals surface area contributed by atoms with Gasteiger partial charge in [0.1, 0.15) is 0 Å². The highest BCUT2D eigenvalue weighted by molar-refractivity contribution is 5.11. The molecule has 1 radical (unpaired) electrons. The van der Waals surface area contributed by atoms with Crippen molar-refractivity contribution in [2.75, 3.05) is 0 Å². The minimum atomic E-state index is 1.11. The van der Waals surface area contributed by atoms with Crippen molar-refractivity contribution in [3.63, 3.8) is 0 Å². The average Bonchev–Trinajstić information content (AvgIpc) is 2.69. The molecule has 0 aromatic rings. The summed E-state index contributed by atoms with van der Waals surface area (Å²) in [5.41, 5.74) is 0. The first-order valence-corrected chi connectivity index (χ1v) is 7.24. The Morgan fingerprint density at radius 2 is 1.20 bits per heavy atom. The van der Waals surface area contributed by atoms with Gasteiger partial charge in [0.05, 0.1) is 0 Å². The van der Waals surface area contributed by atoms with E-state index in [1.807, 2.05) is 5.92 Å². The number of hydrogen-bond acceptors (Lipinski definition) is 0. The van der Waals surface area contributed by atoms with Gasteiger partial charge in [-0.3, -0.25) is 0 Å². The van der Waals surface area contributed by atoms with Gasteiger partial charge < -0.3 is 0 Å². The molecule has 5 aliphatic rings. The van der Waals surface area contributed by atoms with Crippen molar-refractivity contribution >= 4 is 0 Å². The van der Waals surface area contributed by atoms with E-state index in [4.69, 9.17) is 0 Å². The minimum Gasteiger partial charge on any atom is -0.0527 e. The molecule has 0 atom stereocenters. The van der Waals surface area contributed by atoms with Gasteiger partial charge in [0.15, 0.2) is 0 Å². The Morgan fingerprint density at radius 1 is 0.667 bits per heavy atom. The highest BCUT2D eigenvalue weighted by atomic mass is 14.6. The molecule has 0 aromatic heterocycles. The fraction of sp³-hybridized carbons (Fsp3) is 0.933. The molecule has 5 saturated carbocycles.